The highest BCUT2D eigenvalue weighted by Crippen LogP contribution is 2.29. The number of carbonyl (C=O) groups is 1. The summed E-state index contributed by atoms with van der Waals surface area (Å²) < 4.78 is 12.4. The lowest BCUT2D eigenvalue weighted by Crippen LogP contribution is -2.50. The summed E-state index contributed by atoms with van der Waals surface area (Å²) in [7, 11) is 0. The molecule has 6 heteroatoms. The van der Waals surface area contributed by atoms with E-state index in [0.717, 1.165) is 34.4 Å². The summed E-state index contributed by atoms with van der Waals surface area (Å²) >= 11 is 3.47. The number of benzene rings is 1. The van der Waals surface area contributed by atoms with Gasteiger partial charge in [0.1, 0.15) is 11.2 Å². The molecule has 0 radical (unpaired) electrons. The van der Waals surface area contributed by atoms with Gasteiger partial charge in [0.25, 0.3) is 0 Å². The number of anilines is 1. The van der Waals surface area contributed by atoms with Gasteiger partial charge in [-0.15, -0.1) is 0 Å². The minimum absolute atomic E-state index is 0.245. The minimum Gasteiger partial charge on any atom is -0.444 e. The standard InChI is InChI=1S/C17H21BrN2O3/c1-17(2,3)23-16(21)20-8-6-19(7-9-20)15-11-12-10-13(18)4-5-14(12)22-15/h4-5,10-11H,6-9H2,1-3H3. The van der Waals surface area contributed by atoms with Crippen LogP contribution in [0.25, 0.3) is 11.0 Å². The van der Waals surface area contributed by atoms with E-state index < -0.39 is 5.60 Å². The van der Waals surface area contributed by atoms with Crippen molar-refractivity contribution in [1.82, 2.24) is 4.90 Å². The molecule has 5 nitrogen and oxygen atoms in total. The molecule has 2 aromatic rings. The predicted molar refractivity (Wildman–Crippen MR) is 93.9 cm³/mol. The molecule has 1 saturated heterocycles. The van der Waals surface area contributed by atoms with E-state index in [1.54, 1.807) is 4.90 Å². The van der Waals surface area contributed by atoms with Crippen molar-refractivity contribution < 1.29 is 13.9 Å². The van der Waals surface area contributed by atoms with Crippen molar-refractivity contribution in [2.24, 2.45) is 0 Å². The Morgan fingerprint density at radius 3 is 2.52 bits per heavy atom. The third kappa shape index (κ3) is 3.80. The van der Waals surface area contributed by atoms with Gasteiger partial charge in [-0.1, -0.05) is 15.9 Å². The van der Waals surface area contributed by atoms with E-state index in [1.807, 2.05) is 45.0 Å². The number of ether oxygens (including phenoxy) is 1. The maximum absolute atomic E-state index is 12.1. The summed E-state index contributed by atoms with van der Waals surface area (Å²) in [5.41, 5.74) is 0.415. The molecule has 1 aromatic heterocycles. The molecular weight excluding hydrogens is 360 g/mol. The zero-order valence-electron chi connectivity index (χ0n) is 13.6. The number of fused-ring (bicyclic) bond motifs is 1. The van der Waals surface area contributed by atoms with E-state index in [0.29, 0.717) is 13.1 Å². The lowest BCUT2D eigenvalue weighted by Gasteiger charge is -2.35. The Morgan fingerprint density at radius 2 is 1.87 bits per heavy atom. The molecule has 1 aliphatic heterocycles. The molecule has 1 fully saturated rings. The van der Waals surface area contributed by atoms with Crippen LogP contribution < -0.4 is 4.90 Å². The number of furan rings is 1. The molecule has 124 valence electrons. The Morgan fingerprint density at radius 1 is 1.17 bits per heavy atom. The van der Waals surface area contributed by atoms with Crippen LogP contribution in [0.1, 0.15) is 20.8 Å². The molecule has 1 aromatic carbocycles. The average molecular weight is 381 g/mol. The van der Waals surface area contributed by atoms with E-state index in [9.17, 15) is 4.79 Å². The van der Waals surface area contributed by atoms with Crippen LogP contribution in [-0.4, -0.2) is 42.8 Å². The van der Waals surface area contributed by atoms with Gasteiger partial charge in [0, 0.05) is 42.1 Å². The SMILES string of the molecule is CC(C)(C)OC(=O)N1CCN(c2cc3cc(Br)ccc3o2)CC1. The van der Waals surface area contributed by atoms with Crippen molar-refractivity contribution in [2.45, 2.75) is 26.4 Å². The van der Waals surface area contributed by atoms with Crippen LogP contribution in [0, 0.1) is 0 Å². The number of halogens is 1. The van der Waals surface area contributed by atoms with Crippen LogP contribution in [0.15, 0.2) is 33.2 Å². The second kappa shape index (κ2) is 6.07. The maximum atomic E-state index is 12.1. The van der Waals surface area contributed by atoms with Gasteiger partial charge in [-0.2, -0.15) is 0 Å². The molecule has 23 heavy (non-hydrogen) atoms. The van der Waals surface area contributed by atoms with Gasteiger partial charge in [-0.25, -0.2) is 4.79 Å². The summed E-state index contributed by atoms with van der Waals surface area (Å²) in [5.74, 6) is 0.849. The lowest BCUT2D eigenvalue weighted by atomic mass is 10.2. The van der Waals surface area contributed by atoms with Crippen LogP contribution >= 0.6 is 15.9 Å². The predicted octanol–water partition coefficient (Wildman–Crippen LogP) is 4.25. The van der Waals surface area contributed by atoms with Gasteiger partial charge in [0.15, 0.2) is 5.88 Å². The third-order valence-electron chi connectivity index (χ3n) is 3.71. The largest absolute Gasteiger partial charge is 0.444 e. The smallest absolute Gasteiger partial charge is 0.410 e. The second-order valence-electron chi connectivity index (χ2n) is 6.72. The number of hydrogen-bond acceptors (Lipinski definition) is 4. The first kappa shape index (κ1) is 16.2. The van der Waals surface area contributed by atoms with Crippen molar-refractivity contribution in [3.8, 4) is 0 Å². The van der Waals surface area contributed by atoms with Crippen LogP contribution in [0.4, 0.5) is 10.7 Å². The fraction of sp³-hybridized carbons (Fsp3) is 0.471. The van der Waals surface area contributed by atoms with E-state index in [4.69, 9.17) is 9.15 Å². The molecule has 0 saturated carbocycles. The number of nitrogens with zero attached hydrogens (tertiary/aromatic N) is 2. The molecule has 0 spiro atoms. The van der Waals surface area contributed by atoms with Crippen LogP contribution in [-0.2, 0) is 4.74 Å². The normalized spacial score (nSPS) is 16.0. The van der Waals surface area contributed by atoms with Gasteiger partial charge in [0.05, 0.1) is 0 Å². The van der Waals surface area contributed by atoms with Gasteiger partial charge < -0.3 is 19.0 Å². The number of piperazine rings is 1. The van der Waals surface area contributed by atoms with E-state index >= 15 is 0 Å². The summed E-state index contributed by atoms with van der Waals surface area (Å²) in [5, 5.41) is 1.07. The number of amides is 1. The summed E-state index contributed by atoms with van der Waals surface area (Å²) in [4.78, 5) is 16.0. The quantitative estimate of drug-likeness (QED) is 0.741. The topological polar surface area (TPSA) is 45.9 Å². The Hall–Kier alpha value is -1.69. The highest BCUT2D eigenvalue weighted by Gasteiger charge is 2.26. The molecule has 3 rings (SSSR count). The van der Waals surface area contributed by atoms with Gasteiger partial charge in [-0.3, -0.25) is 0 Å². The first-order valence-electron chi connectivity index (χ1n) is 7.74. The molecular formula is C17H21BrN2O3. The molecule has 1 aliphatic rings. The highest BCUT2D eigenvalue weighted by molar-refractivity contribution is 9.10. The lowest BCUT2D eigenvalue weighted by molar-refractivity contribution is 0.0239. The van der Waals surface area contributed by atoms with Crippen molar-refractivity contribution in [3.63, 3.8) is 0 Å². The molecule has 0 unspecified atom stereocenters. The molecule has 0 bridgehead atoms. The Balaban J connectivity index is 1.65. The zero-order valence-corrected chi connectivity index (χ0v) is 15.2. The van der Waals surface area contributed by atoms with Gasteiger partial charge >= 0.3 is 6.09 Å². The fourth-order valence-electron chi connectivity index (χ4n) is 2.59. The molecule has 2 heterocycles. The van der Waals surface area contributed by atoms with Crippen molar-refractivity contribution in [2.75, 3.05) is 31.1 Å². The number of rotatable bonds is 1. The zero-order chi connectivity index (χ0) is 16.6. The van der Waals surface area contributed by atoms with Crippen molar-refractivity contribution in [3.05, 3.63) is 28.7 Å². The number of carbonyl (C=O) groups excluding carboxylic acids is 1. The van der Waals surface area contributed by atoms with E-state index in [-0.39, 0.29) is 6.09 Å². The third-order valence-corrected chi connectivity index (χ3v) is 4.20. The molecule has 0 N–H and O–H groups in total. The van der Waals surface area contributed by atoms with Crippen LogP contribution in [0.5, 0.6) is 0 Å². The minimum atomic E-state index is -0.458. The van der Waals surface area contributed by atoms with Crippen molar-refractivity contribution >= 4 is 38.9 Å². The van der Waals surface area contributed by atoms with Gasteiger partial charge in [-0.05, 0) is 39.0 Å². The summed E-state index contributed by atoms with van der Waals surface area (Å²) in [6.07, 6.45) is -0.245. The molecule has 1 amide bonds. The van der Waals surface area contributed by atoms with Crippen LogP contribution in [0.3, 0.4) is 0 Å². The van der Waals surface area contributed by atoms with E-state index in [1.165, 1.54) is 0 Å². The average Bonchev–Trinajstić information content (AvgIpc) is 2.88. The second-order valence-corrected chi connectivity index (χ2v) is 7.64. The van der Waals surface area contributed by atoms with Gasteiger partial charge in [0.2, 0.25) is 0 Å². The number of hydrogen-bond donors (Lipinski definition) is 0. The first-order valence-corrected chi connectivity index (χ1v) is 8.53. The van der Waals surface area contributed by atoms with E-state index in [2.05, 4.69) is 20.8 Å². The molecule has 0 aliphatic carbocycles. The highest BCUT2D eigenvalue weighted by atomic mass is 79.9. The fourth-order valence-corrected chi connectivity index (χ4v) is 2.97. The Kier molecular flexibility index (Phi) is 4.27. The summed E-state index contributed by atoms with van der Waals surface area (Å²) in [6, 6.07) is 8.01. The Bertz CT molecular complexity index is 712. The monoisotopic (exact) mass is 380 g/mol. The summed E-state index contributed by atoms with van der Waals surface area (Å²) in [6.45, 7) is 8.39. The Labute approximate surface area is 144 Å². The maximum Gasteiger partial charge on any atom is 0.410 e. The molecule has 0 atom stereocenters. The van der Waals surface area contributed by atoms with Crippen LogP contribution in [0.2, 0.25) is 0 Å². The first-order chi connectivity index (χ1) is 10.8. The van der Waals surface area contributed by atoms with Crippen molar-refractivity contribution in [1.29, 1.82) is 0 Å².